The molecule has 2 N–H and O–H groups in total. The summed E-state index contributed by atoms with van der Waals surface area (Å²) in [6.07, 6.45) is 1.65. The molecule has 0 aliphatic heterocycles. The van der Waals surface area contributed by atoms with Crippen molar-refractivity contribution in [1.29, 1.82) is 0 Å². The maximum Gasteiger partial charge on any atom is 0.323 e. The van der Waals surface area contributed by atoms with Gasteiger partial charge in [0.05, 0.1) is 7.11 Å². The number of carbonyl (C=O) groups excluding carboxylic acids is 1. The third kappa shape index (κ3) is 2.35. The van der Waals surface area contributed by atoms with Gasteiger partial charge in [0.1, 0.15) is 6.04 Å². The van der Waals surface area contributed by atoms with Crippen LogP contribution in [0, 0.1) is 5.41 Å². The summed E-state index contributed by atoms with van der Waals surface area (Å²) in [6, 6.07) is -0.634. The molecule has 0 saturated carbocycles. The third-order valence-corrected chi connectivity index (χ3v) is 1.78. The number of carbonyl (C=O) groups is 1. The lowest BCUT2D eigenvalue weighted by Crippen LogP contribution is -2.43. The normalized spacial score (nSPS) is 13.8. The van der Waals surface area contributed by atoms with Gasteiger partial charge in [0.25, 0.3) is 0 Å². The van der Waals surface area contributed by atoms with Crippen molar-refractivity contribution in [3.63, 3.8) is 0 Å². The number of methoxy groups -OCH3 is 1. The van der Waals surface area contributed by atoms with Crippen LogP contribution in [0.1, 0.15) is 13.8 Å². The average molecular weight is 157 g/mol. The topological polar surface area (TPSA) is 52.3 Å². The molecule has 0 aromatic rings. The molecule has 3 heteroatoms. The van der Waals surface area contributed by atoms with E-state index in [-0.39, 0.29) is 0 Å². The van der Waals surface area contributed by atoms with E-state index in [1.54, 1.807) is 6.08 Å². The van der Waals surface area contributed by atoms with E-state index in [2.05, 4.69) is 11.3 Å². The monoisotopic (exact) mass is 157 g/mol. The highest BCUT2D eigenvalue weighted by molar-refractivity contribution is 5.76. The second-order valence-corrected chi connectivity index (χ2v) is 3.03. The molecule has 0 aliphatic rings. The van der Waals surface area contributed by atoms with Crippen LogP contribution < -0.4 is 5.73 Å². The van der Waals surface area contributed by atoms with Gasteiger partial charge in [0.2, 0.25) is 0 Å². The summed E-state index contributed by atoms with van der Waals surface area (Å²) in [6.45, 7) is 7.25. The summed E-state index contributed by atoms with van der Waals surface area (Å²) in [5.74, 6) is -0.408. The Hall–Kier alpha value is -0.830. The van der Waals surface area contributed by atoms with E-state index >= 15 is 0 Å². The van der Waals surface area contributed by atoms with Crippen molar-refractivity contribution >= 4 is 5.97 Å². The van der Waals surface area contributed by atoms with Crippen LogP contribution in [0.4, 0.5) is 0 Å². The van der Waals surface area contributed by atoms with Crippen molar-refractivity contribution in [1.82, 2.24) is 0 Å². The minimum absolute atomic E-state index is 0.408. The Labute approximate surface area is 67.2 Å². The summed E-state index contributed by atoms with van der Waals surface area (Å²) in [4.78, 5) is 10.9. The molecule has 0 saturated heterocycles. The Morgan fingerprint density at radius 1 is 1.73 bits per heavy atom. The zero-order valence-electron chi connectivity index (χ0n) is 7.26. The van der Waals surface area contributed by atoms with Crippen LogP contribution in [0.3, 0.4) is 0 Å². The van der Waals surface area contributed by atoms with Gasteiger partial charge in [-0.25, -0.2) is 0 Å². The first kappa shape index (κ1) is 10.2. The first-order valence-corrected chi connectivity index (χ1v) is 3.42. The molecule has 0 aromatic carbocycles. The molecule has 0 aliphatic carbocycles. The van der Waals surface area contributed by atoms with Gasteiger partial charge in [-0.2, -0.15) is 0 Å². The summed E-state index contributed by atoms with van der Waals surface area (Å²) in [7, 11) is 1.32. The number of hydrogen-bond acceptors (Lipinski definition) is 3. The van der Waals surface area contributed by atoms with Gasteiger partial charge in [-0.3, -0.25) is 4.79 Å². The molecular formula is C8H15NO2. The van der Waals surface area contributed by atoms with E-state index in [0.29, 0.717) is 0 Å². The second kappa shape index (κ2) is 3.53. The number of rotatable bonds is 3. The lowest BCUT2D eigenvalue weighted by Gasteiger charge is -2.25. The highest BCUT2D eigenvalue weighted by Crippen LogP contribution is 2.20. The van der Waals surface area contributed by atoms with Crippen LogP contribution in [-0.4, -0.2) is 19.1 Å². The fourth-order valence-corrected chi connectivity index (χ4v) is 0.558. The minimum Gasteiger partial charge on any atom is -0.468 e. The SMILES string of the molecule is C=CC(C)(C)C(N)C(=O)OC. The smallest absolute Gasteiger partial charge is 0.323 e. The van der Waals surface area contributed by atoms with Crippen LogP contribution in [0.25, 0.3) is 0 Å². The average Bonchev–Trinajstić information content (AvgIpc) is 2.01. The van der Waals surface area contributed by atoms with Crippen LogP contribution in [0.15, 0.2) is 12.7 Å². The molecule has 0 heterocycles. The second-order valence-electron chi connectivity index (χ2n) is 3.03. The molecular weight excluding hydrogens is 142 g/mol. The van der Waals surface area contributed by atoms with Crippen LogP contribution in [0.5, 0.6) is 0 Å². The Balaban J connectivity index is 4.34. The third-order valence-electron chi connectivity index (χ3n) is 1.78. The van der Waals surface area contributed by atoms with Gasteiger partial charge >= 0.3 is 5.97 Å². The van der Waals surface area contributed by atoms with Crippen molar-refractivity contribution in [2.24, 2.45) is 11.1 Å². The predicted octanol–water partition coefficient (Wildman–Crippen LogP) is 0.699. The summed E-state index contributed by atoms with van der Waals surface area (Å²) < 4.78 is 4.49. The summed E-state index contributed by atoms with van der Waals surface area (Å²) in [5.41, 5.74) is 5.16. The standard InChI is InChI=1S/C8H15NO2/c1-5-8(2,3)6(9)7(10)11-4/h5-6H,1,9H2,2-4H3. The van der Waals surface area contributed by atoms with Crippen molar-refractivity contribution in [3.05, 3.63) is 12.7 Å². The maximum absolute atomic E-state index is 10.9. The maximum atomic E-state index is 10.9. The molecule has 0 spiro atoms. The van der Waals surface area contributed by atoms with E-state index in [0.717, 1.165) is 0 Å². The fourth-order valence-electron chi connectivity index (χ4n) is 0.558. The van der Waals surface area contributed by atoms with Gasteiger partial charge in [-0.15, -0.1) is 6.58 Å². The molecule has 11 heavy (non-hydrogen) atoms. The highest BCUT2D eigenvalue weighted by atomic mass is 16.5. The molecule has 64 valence electrons. The van der Waals surface area contributed by atoms with E-state index in [1.807, 2.05) is 13.8 Å². The van der Waals surface area contributed by atoms with Crippen molar-refractivity contribution < 1.29 is 9.53 Å². The van der Waals surface area contributed by atoms with Gasteiger partial charge in [-0.05, 0) is 0 Å². The number of nitrogens with two attached hydrogens (primary N) is 1. The lowest BCUT2D eigenvalue weighted by molar-refractivity contribution is -0.144. The molecule has 1 unspecified atom stereocenters. The molecule has 0 aromatic heterocycles. The number of esters is 1. The number of ether oxygens (including phenoxy) is 1. The largest absolute Gasteiger partial charge is 0.468 e. The highest BCUT2D eigenvalue weighted by Gasteiger charge is 2.29. The first-order valence-electron chi connectivity index (χ1n) is 3.42. The Morgan fingerprint density at radius 3 is 2.45 bits per heavy atom. The molecule has 1 atom stereocenters. The summed E-state index contributed by atoms with van der Waals surface area (Å²) in [5, 5.41) is 0. The van der Waals surface area contributed by atoms with Gasteiger partial charge in [0, 0.05) is 5.41 Å². The molecule has 0 fully saturated rings. The summed E-state index contributed by atoms with van der Waals surface area (Å²) >= 11 is 0. The van der Waals surface area contributed by atoms with Crippen LogP contribution >= 0.6 is 0 Å². The zero-order valence-corrected chi connectivity index (χ0v) is 7.26. The van der Waals surface area contributed by atoms with E-state index < -0.39 is 17.4 Å². The quantitative estimate of drug-likeness (QED) is 0.484. The molecule has 3 nitrogen and oxygen atoms in total. The number of hydrogen-bond donors (Lipinski definition) is 1. The van der Waals surface area contributed by atoms with Crippen molar-refractivity contribution in [2.75, 3.05) is 7.11 Å². The van der Waals surface area contributed by atoms with Crippen LogP contribution in [-0.2, 0) is 9.53 Å². The van der Waals surface area contributed by atoms with Gasteiger partial charge in [0.15, 0.2) is 0 Å². The van der Waals surface area contributed by atoms with Gasteiger partial charge in [-0.1, -0.05) is 19.9 Å². The van der Waals surface area contributed by atoms with E-state index in [4.69, 9.17) is 5.73 Å². The molecule has 0 amide bonds. The Kier molecular flexibility index (Phi) is 3.26. The van der Waals surface area contributed by atoms with Crippen LogP contribution in [0.2, 0.25) is 0 Å². The first-order chi connectivity index (χ1) is 4.95. The molecule has 0 bridgehead atoms. The van der Waals surface area contributed by atoms with Crippen molar-refractivity contribution in [3.8, 4) is 0 Å². The predicted molar refractivity (Wildman–Crippen MR) is 44.0 cm³/mol. The van der Waals surface area contributed by atoms with E-state index in [1.165, 1.54) is 7.11 Å². The molecule has 0 rings (SSSR count). The van der Waals surface area contributed by atoms with Crippen molar-refractivity contribution in [2.45, 2.75) is 19.9 Å². The molecule has 0 radical (unpaired) electrons. The minimum atomic E-state index is -0.634. The lowest BCUT2D eigenvalue weighted by atomic mass is 9.85. The van der Waals surface area contributed by atoms with E-state index in [9.17, 15) is 4.79 Å². The zero-order chi connectivity index (χ0) is 9.07. The van der Waals surface area contributed by atoms with Gasteiger partial charge < -0.3 is 10.5 Å². The fraction of sp³-hybridized carbons (Fsp3) is 0.625. The Morgan fingerprint density at radius 2 is 2.18 bits per heavy atom. The Bertz CT molecular complexity index is 163.